The molecule has 0 aliphatic rings. The first-order valence-electron chi connectivity index (χ1n) is 6.92. The minimum atomic E-state index is 0.663. The third-order valence-corrected chi connectivity index (χ3v) is 3.80. The van der Waals surface area contributed by atoms with Gasteiger partial charge in [0.15, 0.2) is 0 Å². The number of benzene rings is 1. The summed E-state index contributed by atoms with van der Waals surface area (Å²) in [5, 5.41) is 6.89. The molecule has 0 fully saturated rings. The Balaban J connectivity index is 2.70. The standard InChI is InChI=1S/C16H28N2/c1-11(2)15(9-17-6)10-18-16-8-13(4)12(3)7-14(16)5/h7-8,11,15,17-18H,9-10H2,1-6H3. The van der Waals surface area contributed by atoms with Crippen LogP contribution in [0.3, 0.4) is 0 Å². The van der Waals surface area contributed by atoms with Crippen molar-refractivity contribution < 1.29 is 0 Å². The normalized spacial score (nSPS) is 12.8. The number of nitrogens with one attached hydrogen (secondary N) is 2. The Kier molecular flexibility index (Phi) is 5.67. The lowest BCUT2D eigenvalue weighted by Gasteiger charge is -2.22. The first-order valence-corrected chi connectivity index (χ1v) is 6.92. The van der Waals surface area contributed by atoms with Crippen LogP contribution in [-0.4, -0.2) is 20.1 Å². The topological polar surface area (TPSA) is 24.1 Å². The molecule has 0 aliphatic carbocycles. The summed E-state index contributed by atoms with van der Waals surface area (Å²) in [4.78, 5) is 0. The highest BCUT2D eigenvalue weighted by molar-refractivity contribution is 5.54. The van der Waals surface area contributed by atoms with Crippen LogP contribution < -0.4 is 10.6 Å². The molecule has 18 heavy (non-hydrogen) atoms. The Hall–Kier alpha value is -1.02. The molecule has 0 spiro atoms. The molecule has 0 saturated carbocycles. The molecule has 0 heterocycles. The maximum Gasteiger partial charge on any atom is 0.0372 e. The number of aryl methyl sites for hydroxylation is 3. The molecule has 0 amide bonds. The lowest BCUT2D eigenvalue weighted by molar-refractivity contribution is 0.390. The van der Waals surface area contributed by atoms with Crippen LogP contribution in [0, 0.1) is 32.6 Å². The van der Waals surface area contributed by atoms with E-state index in [1.807, 2.05) is 7.05 Å². The van der Waals surface area contributed by atoms with Crippen molar-refractivity contribution >= 4 is 5.69 Å². The van der Waals surface area contributed by atoms with Gasteiger partial charge in [-0.25, -0.2) is 0 Å². The van der Waals surface area contributed by atoms with Crippen molar-refractivity contribution in [3.63, 3.8) is 0 Å². The third-order valence-electron chi connectivity index (χ3n) is 3.80. The summed E-state index contributed by atoms with van der Waals surface area (Å²) in [6.45, 7) is 13.2. The first kappa shape index (κ1) is 15.0. The van der Waals surface area contributed by atoms with E-state index in [9.17, 15) is 0 Å². The minimum absolute atomic E-state index is 0.663. The van der Waals surface area contributed by atoms with E-state index in [1.165, 1.54) is 22.4 Å². The Morgan fingerprint density at radius 3 is 2.11 bits per heavy atom. The van der Waals surface area contributed by atoms with Gasteiger partial charge < -0.3 is 10.6 Å². The Labute approximate surface area is 112 Å². The molecule has 0 aromatic heterocycles. The number of anilines is 1. The van der Waals surface area contributed by atoms with Crippen molar-refractivity contribution in [1.82, 2.24) is 5.32 Å². The number of hydrogen-bond donors (Lipinski definition) is 2. The molecule has 102 valence electrons. The zero-order chi connectivity index (χ0) is 13.7. The molecule has 1 aromatic rings. The van der Waals surface area contributed by atoms with Gasteiger partial charge in [0.1, 0.15) is 0 Å². The molecule has 0 bridgehead atoms. The van der Waals surface area contributed by atoms with Crippen molar-refractivity contribution in [3.05, 3.63) is 28.8 Å². The zero-order valence-corrected chi connectivity index (χ0v) is 12.7. The van der Waals surface area contributed by atoms with Gasteiger partial charge in [0.05, 0.1) is 0 Å². The van der Waals surface area contributed by atoms with Crippen LogP contribution in [0.1, 0.15) is 30.5 Å². The molecule has 0 aliphatic heterocycles. The highest BCUT2D eigenvalue weighted by Gasteiger charge is 2.12. The van der Waals surface area contributed by atoms with Gasteiger partial charge in [-0.15, -0.1) is 0 Å². The van der Waals surface area contributed by atoms with Crippen LogP contribution in [-0.2, 0) is 0 Å². The molecular formula is C16H28N2. The molecule has 1 unspecified atom stereocenters. The van der Waals surface area contributed by atoms with Crippen LogP contribution in [0.5, 0.6) is 0 Å². The molecule has 0 radical (unpaired) electrons. The van der Waals surface area contributed by atoms with Gasteiger partial charge in [-0.2, -0.15) is 0 Å². The van der Waals surface area contributed by atoms with E-state index < -0.39 is 0 Å². The monoisotopic (exact) mass is 248 g/mol. The average molecular weight is 248 g/mol. The Bertz CT molecular complexity index is 383. The molecule has 0 saturated heterocycles. The molecule has 1 rings (SSSR count). The van der Waals surface area contributed by atoms with Crippen molar-refractivity contribution in [2.75, 3.05) is 25.5 Å². The van der Waals surface area contributed by atoms with Gasteiger partial charge in [-0.1, -0.05) is 19.9 Å². The average Bonchev–Trinajstić information content (AvgIpc) is 2.30. The van der Waals surface area contributed by atoms with Gasteiger partial charge in [0.25, 0.3) is 0 Å². The quantitative estimate of drug-likeness (QED) is 0.805. The summed E-state index contributed by atoms with van der Waals surface area (Å²) < 4.78 is 0. The van der Waals surface area contributed by atoms with Gasteiger partial charge in [0, 0.05) is 12.2 Å². The van der Waals surface area contributed by atoms with Crippen molar-refractivity contribution in [2.24, 2.45) is 11.8 Å². The molecule has 1 atom stereocenters. The van der Waals surface area contributed by atoms with E-state index in [2.05, 4.69) is 57.4 Å². The van der Waals surface area contributed by atoms with Crippen LogP contribution in [0.15, 0.2) is 12.1 Å². The summed E-state index contributed by atoms with van der Waals surface area (Å²) in [6.07, 6.45) is 0. The number of hydrogen-bond acceptors (Lipinski definition) is 2. The highest BCUT2D eigenvalue weighted by Crippen LogP contribution is 2.21. The second-order valence-corrected chi connectivity index (χ2v) is 5.69. The van der Waals surface area contributed by atoms with Crippen LogP contribution in [0.4, 0.5) is 5.69 Å². The maximum absolute atomic E-state index is 3.61. The summed E-state index contributed by atoms with van der Waals surface area (Å²) in [7, 11) is 2.02. The lowest BCUT2D eigenvalue weighted by atomic mass is 9.95. The predicted octanol–water partition coefficient (Wildman–Crippen LogP) is 3.52. The predicted molar refractivity (Wildman–Crippen MR) is 81.4 cm³/mol. The molecule has 2 heteroatoms. The van der Waals surface area contributed by atoms with E-state index >= 15 is 0 Å². The van der Waals surface area contributed by atoms with E-state index in [1.54, 1.807) is 0 Å². The largest absolute Gasteiger partial charge is 0.384 e. The summed E-state index contributed by atoms with van der Waals surface area (Å²) in [6, 6.07) is 4.53. The fraction of sp³-hybridized carbons (Fsp3) is 0.625. The fourth-order valence-electron chi connectivity index (χ4n) is 2.20. The van der Waals surface area contributed by atoms with Gasteiger partial charge in [-0.05, 0) is 69.0 Å². The zero-order valence-electron chi connectivity index (χ0n) is 12.7. The summed E-state index contributed by atoms with van der Waals surface area (Å²) >= 11 is 0. The molecule has 1 aromatic carbocycles. The van der Waals surface area contributed by atoms with E-state index in [-0.39, 0.29) is 0 Å². The van der Waals surface area contributed by atoms with Gasteiger partial charge >= 0.3 is 0 Å². The van der Waals surface area contributed by atoms with Gasteiger partial charge in [-0.3, -0.25) is 0 Å². The molecular weight excluding hydrogens is 220 g/mol. The van der Waals surface area contributed by atoms with Gasteiger partial charge in [0.2, 0.25) is 0 Å². The Morgan fingerprint density at radius 2 is 1.56 bits per heavy atom. The fourth-order valence-corrected chi connectivity index (χ4v) is 2.20. The first-order chi connectivity index (χ1) is 8.45. The second-order valence-electron chi connectivity index (χ2n) is 5.69. The summed E-state index contributed by atoms with van der Waals surface area (Å²) in [5.41, 5.74) is 5.34. The highest BCUT2D eigenvalue weighted by atomic mass is 14.9. The smallest absolute Gasteiger partial charge is 0.0372 e. The second kappa shape index (κ2) is 6.79. The van der Waals surface area contributed by atoms with E-state index in [4.69, 9.17) is 0 Å². The lowest BCUT2D eigenvalue weighted by Crippen LogP contribution is -2.29. The Morgan fingerprint density at radius 1 is 0.944 bits per heavy atom. The van der Waals surface area contributed by atoms with Crippen LogP contribution >= 0.6 is 0 Å². The number of rotatable bonds is 6. The van der Waals surface area contributed by atoms with Crippen molar-refractivity contribution in [2.45, 2.75) is 34.6 Å². The van der Waals surface area contributed by atoms with Crippen molar-refractivity contribution in [3.8, 4) is 0 Å². The van der Waals surface area contributed by atoms with E-state index in [0.717, 1.165) is 13.1 Å². The van der Waals surface area contributed by atoms with E-state index in [0.29, 0.717) is 11.8 Å². The third kappa shape index (κ3) is 4.02. The summed E-state index contributed by atoms with van der Waals surface area (Å²) in [5.74, 6) is 1.35. The SMILES string of the molecule is CNCC(CNc1cc(C)c(C)cc1C)C(C)C. The van der Waals surface area contributed by atoms with Crippen LogP contribution in [0.25, 0.3) is 0 Å². The maximum atomic E-state index is 3.61. The molecule has 2 N–H and O–H groups in total. The molecule has 2 nitrogen and oxygen atoms in total. The van der Waals surface area contributed by atoms with Crippen LogP contribution in [0.2, 0.25) is 0 Å². The van der Waals surface area contributed by atoms with Crippen molar-refractivity contribution in [1.29, 1.82) is 0 Å². The minimum Gasteiger partial charge on any atom is -0.384 e.